The zero-order chi connectivity index (χ0) is 7.72. The van der Waals surface area contributed by atoms with Crippen molar-refractivity contribution in [3.63, 3.8) is 0 Å². The van der Waals surface area contributed by atoms with E-state index in [1.807, 2.05) is 13.8 Å². The van der Waals surface area contributed by atoms with Crippen molar-refractivity contribution in [3.8, 4) is 0 Å². The summed E-state index contributed by atoms with van der Waals surface area (Å²) in [5.41, 5.74) is 0. The fourth-order valence-electron chi connectivity index (χ4n) is 0.902. The summed E-state index contributed by atoms with van der Waals surface area (Å²) in [6.07, 6.45) is 0. The van der Waals surface area contributed by atoms with Crippen molar-refractivity contribution in [1.29, 1.82) is 0 Å². The molecule has 0 radical (unpaired) electrons. The first kappa shape index (κ1) is 7.25. The zero-order valence-electron chi connectivity index (χ0n) is 6.42. The Hall–Kier alpha value is -0.860. The Morgan fingerprint density at radius 1 is 1.60 bits per heavy atom. The standard InChI is InChI=1S/C7H11NO2/c1-4(2)6-7(9)10-5(3)8-6/h4,6H,1-3H3/t6-/m0/s1. The number of nitrogens with zero attached hydrogens (tertiary/aromatic N) is 1. The minimum absolute atomic E-state index is 0.215. The summed E-state index contributed by atoms with van der Waals surface area (Å²) in [5.74, 6) is 0.515. The second kappa shape index (κ2) is 2.40. The maximum Gasteiger partial charge on any atom is 0.337 e. The third-order valence-corrected chi connectivity index (χ3v) is 1.44. The molecular formula is C7H11NO2. The van der Waals surface area contributed by atoms with Crippen LogP contribution in [-0.4, -0.2) is 17.9 Å². The number of carbonyl (C=O) groups excluding carboxylic acids is 1. The molecule has 1 aliphatic heterocycles. The number of esters is 1. The lowest BCUT2D eigenvalue weighted by Crippen LogP contribution is -2.20. The van der Waals surface area contributed by atoms with Crippen LogP contribution in [0.3, 0.4) is 0 Å². The van der Waals surface area contributed by atoms with E-state index in [1.165, 1.54) is 0 Å². The van der Waals surface area contributed by atoms with Gasteiger partial charge in [-0.15, -0.1) is 0 Å². The molecule has 0 aromatic heterocycles. The fourth-order valence-corrected chi connectivity index (χ4v) is 0.902. The highest BCUT2D eigenvalue weighted by Crippen LogP contribution is 2.14. The van der Waals surface area contributed by atoms with Gasteiger partial charge in [-0.25, -0.2) is 9.79 Å². The highest BCUT2D eigenvalue weighted by Gasteiger charge is 2.29. The largest absolute Gasteiger partial charge is 0.411 e. The lowest BCUT2D eigenvalue weighted by Gasteiger charge is -2.04. The van der Waals surface area contributed by atoms with E-state index in [-0.39, 0.29) is 17.9 Å². The minimum Gasteiger partial charge on any atom is -0.411 e. The highest BCUT2D eigenvalue weighted by atomic mass is 16.6. The summed E-state index contributed by atoms with van der Waals surface area (Å²) in [7, 11) is 0. The number of carbonyl (C=O) groups is 1. The summed E-state index contributed by atoms with van der Waals surface area (Å²) in [6.45, 7) is 5.60. The van der Waals surface area contributed by atoms with Crippen molar-refractivity contribution in [1.82, 2.24) is 0 Å². The molecule has 0 unspecified atom stereocenters. The summed E-state index contributed by atoms with van der Waals surface area (Å²) >= 11 is 0. The highest BCUT2D eigenvalue weighted by molar-refractivity contribution is 5.96. The van der Waals surface area contributed by atoms with Crippen molar-refractivity contribution in [2.24, 2.45) is 10.9 Å². The molecule has 0 amide bonds. The third-order valence-electron chi connectivity index (χ3n) is 1.44. The predicted molar refractivity (Wildman–Crippen MR) is 37.8 cm³/mol. The lowest BCUT2D eigenvalue weighted by molar-refractivity contribution is -0.135. The Morgan fingerprint density at radius 2 is 2.20 bits per heavy atom. The maximum atomic E-state index is 10.9. The van der Waals surface area contributed by atoms with Crippen LogP contribution in [-0.2, 0) is 9.53 Å². The first-order valence-electron chi connectivity index (χ1n) is 3.37. The zero-order valence-corrected chi connectivity index (χ0v) is 6.42. The summed E-state index contributed by atoms with van der Waals surface area (Å²) in [4.78, 5) is 14.9. The topological polar surface area (TPSA) is 38.7 Å². The SMILES string of the molecule is CC1=N[C@@H](C(C)C)C(=O)O1. The Morgan fingerprint density at radius 3 is 2.40 bits per heavy atom. The van der Waals surface area contributed by atoms with Crippen LogP contribution in [0.4, 0.5) is 0 Å². The number of rotatable bonds is 1. The average molecular weight is 141 g/mol. The molecule has 1 rings (SSSR count). The Kier molecular flexibility index (Phi) is 1.74. The Labute approximate surface area is 60.1 Å². The quantitative estimate of drug-likeness (QED) is 0.511. The van der Waals surface area contributed by atoms with Crippen LogP contribution in [0.15, 0.2) is 4.99 Å². The first-order chi connectivity index (χ1) is 4.61. The van der Waals surface area contributed by atoms with E-state index >= 15 is 0 Å². The fraction of sp³-hybridized carbons (Fsp3) is 0.714. The van der Waals surface area contributed by atoms with Crippen LogP contribution in [0, 0.1) is 5.92 Å². The molecule has 0 spiro atoms. The second-order valence-corrected chi connectivity index (χ2v) is 2.76. The molecule has 56 valence electrons. The van der Waals surface area contributed by atoms with Gasteiger partial charge in [-0.05, 0) is 5.92 Å². The molecule has 1 atom stereocenters. The molecule has 0 fully saturated rings. The van der Waals surface area contributed by atoms with Crippen LogP contribution in [0.2, 0.25) is 0 Å². The predicted octanol–water partition coefficient (Wildman–Crippen LogP) is 0.986. The lowest BCUT2D eigenvalue weighted by atomic mass is 10.1. The first-order valence-corrected chi connectivity index (χ1v) is 3.37. The van der Waals surface area contributed by atoms with Gasteiger partial charge in [-0.2, -0.15) is 0 Å². The summed E-state index contributed by atoms with van der Waals surface area (Å²) in [6, 6.07) is -0.264. The average Bonchev–Trinajstić information content (AvgIpc) is 2.10. The van der Waals surface area contributed by atoms with E-state index in [4.69, 9.17) is 4.74 Å². The second-order valence-electron chi connectivity index (χ2n) is 2.76. The molecule has 0 bridgehead atoms. The summed E-state index contributed by atoms with van der Waals surface area (Å²) < 4.78 is 4.75. The molecule has 0 aliphatic carbocycles. The van der Waals surface area contributed by atoms with E-state index in [0.29, 0.717) is 5.90 Å². The monoisotopic (exact) mass is 141 g/mol. The van der Waals surface area contributed by atoms with Gasteiger partial charge in [0.2, 0.25) is 0 Å². The molecule has 3 heteroatoms. The molecule has 0 N–H and O–H groups in total. The van der Waals surface area contributed by atoms with Gasteiger partial charge in [0.15, 0.2) is 11.9 Å². The number of aliphatic imine (C=N–C) groups is 1. The van der Waals surface area contributed by atoms with Crippen LogP contribution >= 0.6 is 0 Å². The number of hydrogen-bond donors (Lipinski definition) is 0. The smallest absolute Gasteiger partial charge is 0.337 e. The molecule has 0 aromatic rings. The van der Waals surface area contributed by atoms with Gasteiger partial charge in [0.05, 0.1) is 0 Å². The van der Waals surface area contributed by atoms with Crippen LogP contribution in [0.25, 0.3) is 0 Å². The van der Waals surface area contributed by atoms with E-state index in [2.05, 4.69) is 4.99 Å². The van der Waals surface area contributed by atoms with Crippen molar-refractivity contribution < 1.29 is 9.53 Å². The minimum atomic E-state index is -0.264. The molecule has 0 aromatic carbocycles. The third kappa shape index (κ3) is 1.17. The van der Waals surface area contributed by atoms with Crippen LogP contribution in [0.1, 0.15) is 20.8 Å². The Balaban J connectivity index is 2.69. The van der Waals surface area contributed by atoms with Crippen molar-refractivity contribution in [3.05, 3.63) is 0 Å². The van der Waals surface area contributed by atoms with E-state index in [9.17, 15) is 4.79 Å². The van der Waals surface area contributed by atoms with Gasteiger partial charge >= 0.3 is 5.97 Å². The van der Waals surface area contributed by atoms with Crippen LogP contribution in [0.5, 0.6) is 0 Å². The van der Waals surface area contributed by atoms with E-state index < -0.39 is 0 Å². The maximum absolute atomic E-state index is 10.9. The number of hydrogen-bond acceptors (Lipinski definition) is 3. The number of ether oxygens (including phenoxy) is 1. The molecule has 10 heavy (non-hydrogen) atoms. The van der Waals surface area contributed by atoms with Crippen molar-refractivity contribution in [2.45, 2.75) is 26.8 Å². The van der Waals surface area contributed by atoms with Gasteiger partial charge in [-0.1, -0.05) is 13.8 Å². The molecule has 0 saturated carbocycles. The summed E-state index contributed by atoms with van der Waals surface area (Å²) in [5, 5.41) is 0. The Bertz CT molecular complexity index is 184. The van der Waals surface area contributed by atoms with Crippen LogP contribution < -0.4 is 0 Å². The van der Waals surface area contributed by atoms with Gasteiger partial charge in [0, 0.05) is 6.92 Å². The van der Waals surface area contributed by atoms with E-state index in [0.717, 1.165) is 0 Å². The normalized spacial score (nSPS) is 25.0. The van der Waals surface area contributed by atoms with E-state index in [1.54, 1.807) is 6.92 Å². The van der Waals surface area contributed by atoms with Crippen molar-refractivity contribution >= 4 is 11.9 Å². The van der Waals surface area contributed by atoms with Crippen molar-refractivity contribution in [2.75, 3.05) is 0 Å². The molecule has 1 aliphatic rings. The number of cyclic esters (lactones) is 1. The molecular weight excluding hydrogens is 130 g/mol. The molecule has 3 nitrogen and oxygen atoms in total. The molecule has 1 heterocycles. The van der Waals surface area contributed by atoms with Gasteiger partial charge in [0.25, 0.3) is 0 Å². The van der Waals surface area contributed by atoms with Gasteiger partial charge < -0.3 is 4.74 Å². The van der Waals surface area contributed by atoms with Gasteiger partial charge in [0.1, 0.15) is 0 Å². The van der Waals surface area contributed by atoms with Gasteiger partial charge in [-0.3, -0.25) is 0 Å². The molecule has 0 saturated heterocycles.